The fourth-order valence-corrected chi connectivity index (χ4v) is 2.47. The second-order valence-corrected chi connectivity index (χ2v) is 5.40. The lowest BCUT2D eigenvalue weighted by atomic mass is 10.1. The number of hydrogen-bond acceptors (Lipinski definition) is 5. The Kier molecular flexibility index (Phi) is 5.01. The summed E-state index contributed by atoms with van der Waals surface area (Å²) in [5.41, 5.74) is 0. The largest absolute Gasteiger partial charge is 0.481 e. The number of sulfonamides is 1. The zero-order chi connectivity index (χ0) is 14.5. The molecule has 0 aliphatic carbocycles. The van der Waals surface area contributed by atoms with Gasteiger partial charge in [-0.15, -0.1) is 0 Å². The molecule has 0 fully saturated rings. The molecule has 0 aromatic carbocycles. The van der Waals surface area contributed by atoms with Gasteiger partial charge in [0.2, 0.25) is 0 Å². The molecule has 0 spiro atoms. The molecular weight excluding hydrogens is 278 g/mol. The quantitative estimate of drug-likeness (QED) is 0.499. The first-order valence-corrected chi connectivity index (χ1v) is 6.77. The van der Waals surface area contributed by atoms with Crippen LogP contribution >= 0.6 is 0 Å². The Bertz CT molecular complexity index is 538. The van der Waals surface area contributed by atoms with Gasteiger partial charge in [-0.3, -0.25) is 14.7 Å². The molecular formula is C9H13N3O6S. The van der Waals surface area contributed by atoms with Crippen molar-refractivity contribution in [1.29, 1.82) is 0 Å². The maximum absolute atomic E-state index is 11.7. The van der Waals surface area contributed by atoms with E-state index in [2.05, 4.69) is 10.2 Å². The first-order valence-electron chi connectivity index (χ1n) is 5.29. The lowest BCUT2D eigenvalue weighted by molar-refractivity contribution is -0.140. The Morgan fingerprint density at radius 2 is 2.11 bits per heavy atom. The van der Waals surface area contributed by atoms with Crippen molar-refractivity contribution in [2.45, 2.75) is 30.3 Å². The Hall–Kier alpha value is -1.94. The molecule has 1 aromatic rings. The van der Waals surface area contributed by atoms with Crippen LogP contribution in [0.1, 0.15) is 19.3 Å². The van der Waals surface area contributed by atoms with Crippen LogP contribution in [0.15, 0.2) is 17.3 Å². The summed E-state index contributed by atoms with van der Waals surface area (Å²) in [6.07, 6.45) is 0.928. The fraction of sp³-hybridized carbons (Fsp3) is 0.444. The summed E-state index contributed by atoms with van der Waals surface area (Å²) in [7, 11) is -4.01. The fourth-order valence-electron chi connectivity index (χ4n) is 1.33. The topological polar surface area (TPSA) is 149 Å². The summed E-state index contributed by atoms with van der Waals surface area (Å²) < 4.78 is 25.5. The molecule has 0 radical (unpaired) electrons. The van der Waals surface area contributed by atoms with Crippen molar-refractivity contribution in [3.05, 3.63) is 12.3 Å². The lowest BCUT2D eigenvalue weighted by Crippen LogP contribution is -2.40. The predicted molar refractivity (Wildman–Crippen MR) is 61.8 cm³/mol. The molecule has 0 aliphatic rings. The Morgan fingerprint density at radius 3 is 2.58 bits per heavy atom. The minimum absolute atomic E-state index is 0.0534. The minimum atomic E-state index is -4.01. The number of carbonyl (C=O) groups is 2. The number of hydrogen-bond donors (Lipinski definition) is 4. The molecule has 4 N–H and O–H groups in total. The number of H-pyrrole nitrogens is 1. The number of carboxylic acid groups (broad SMARTS) is 2. The highest BCUT2D eigenvalue weighted by Gasteiger charge is 2.25. The summed E-state index contributed by atoms with van der Waals surface area (Å²) in [5, 5.41) is 22.8. The van der Waals surface area contributed by atoms with Crippen LogP contribution in [0.5, 0.6) is 0 Å². The van der Waals surface area contributed by atoms with E-state index in [-0.39, 0.29) is 24.3 Å². The second-order valence-electron chi connectivity index (χ2n) is 3.72. The molecule has 106 valence electrons. The van der Waals surface area contributed by atoms with Gasteiger partial charge in [-0.2, -0.15) is 9.82 Å². The molecule has 0 unspecified atom stereocenters. The van der Waals surface area contributed by atoms with Gasteiger partial charge in [0.05, 0.1) is 6.20 Å². The molecule has 9 nitrogen and oxygen atoms in total. The lowest BCUT2D eigenvalue weighted by Gasteiger charge is -2.13. The van der Waals surface area contributed by atoms with E-state index in [1.807, 2.05) is 4.72 Å². The zero-order valence-corrected chi connectivity index (χ0v) is 10.6. The van der Waals surface area contributed by atoms with Gasteiger partial charge in [-0.05, 0) is 18.9 Å². The molecule has 10 heteroatoms. The van der Waals surface area contributed by atoms with E-state index in [9.17, 15) is 18.0 Å². The van der Waals surface area contributed by atoms with E-state index in [0.29, 0.717) is 0 Å². The minimum Gasteiger partial charge on any atom is -0.481 e. The molecule has 0 saturated heterocycles. The summed E-state index contributed by atoms with van der Waals surface area (Å²) in [4.78, 5) is 21.2. The molecule has 1 aromatic heterocycles. The first-order chi connectivity index (χ1) is 8.83. The van der Waals surface area contributed by atoms with Crippen molar-refractivity contribution in [2.75, 3.05) is 0 Å². The highest BCUT2D eigenvalue weighted by Crippen LogP contribution is 2.08. The maximum Gasteiger partial charge on any atom is 0.321 e. The van der Waals surface area contributed by atoms with Crippen LogP contribution in [0.4, 0.5) is 0 Å². The van der Waals surface area contributed by atoms with E-state index in [0.717, 1.165) is 0 Å². The van der Waals surface area contributed by atoms with Gasteiger partial charge in [-0.1, -0.05) is 0 Å². The van der Waals surface area contributed by atoms with Crippen LogP contribution in [0.3, 0.4) is 0 Å². The summed E-state index contributed by atoms with van der Waals surface area (Å²) >= 11 is 0. The van der Waals surface area contributed by atoms with Gasteiger partial charge in [0.25, 0.3) is 10.0 Å². The third-order valence-corrected chi connectivity index (χ3v) is 3.64. The number of rotatable bonds is 8. The van der Waals surface area contributed by atoms with Crippen LogP contribution < -0.4 is 4.72 Å². The molecule has 1 heterocycles. The van der Waals surface area contributed by atoms with Crippen molar-refractivity contribution in [3.8, 4) is 0 Å². The highest BCUT2D eigenvalue weighted by atomic mass is 32.2. The molecule has 0 bridgehead atoms. The maximum atomic E-state index is 11.7. The summed E-state index contributed by atoms with van der Waals surface area (Å²) in [6.45, 7) is 0. The molecule has 0 amide bonds. The number of aromatic nitrogens is 2. The number of aliphatic carboxylic acids is 2. The Labute approximate surface area is 108 Å². The number of carboxylic acids is 2. The zero-order valence-electron chi connectivity index (χ0n) is 9.74. The molecule has 0 saturated carbocycles. The number of nitrogens with one attached hydrogen (secondary N) is 2. The smallest absolute Gasteiger partial charge is 0.321 e. The van der Waals surface area contributed by atoms with Crippen LogP contribution in [0.2, 0.25) is 0 Å². The number of aromatic amines is 1. The van der Waals surface area contributed by atoms with Crippen LogP contribution in [0.25, 0.3) is 0 Å². The van der Waals surface area contributed by atoms with Crippen molar-refractivity contribution < 1.29 is 28.2 Å². The number of nitrogens with zero attached hydrogens (tertiary/aromatic N) is 1. The third kappa shape index (κ3) is 4.67. The average Bonchev–Trinajstić information content (AvgIpc) is 2.80. The normalized spacial score (nSPS) is 13.1. The van der Waals surface area contributed by atoms with Crippen molar-refractivity contribution in [2.24, 2.45) is 0 Å². The van der Waals surface area contributed by atoms with E-state index in [4.69, 9.17) is 10.2 Å². The first kappa shape index (κ1) is 15.1. The van der Waals surface area contributed by atoms with Crippen LogP contribution in [0, 0.1) is 0 Å². The van der Waals surface area contributed by atoms with Gasteiger partial charge in [0.1, 0.15) is 6.04 Å². The molecule has 1 atom stereocenters. The van der Waals surface area contributed by atoms with Crippen molar-refractivity contribution >= 4 is 22.0 Å². The Morgan fingerprint density at radius 1 is 1.42 bits per heavy atom. The van der Waals surface area contributed by atoms with Gasteiger partial charge in [0.15, 0.2) is 5.03 Å². The SMILES string of the molecule is O=C(O)CCC[C@@H](NS(=O)(=O)c1ccn[nH]1)C(=O)O. The van der Waals surface area contributed by atoms with Crippen LogP contribution in [-0.2, 0) is 19.6 Å². The average molecular weight is 291 g/mol. The molecule has 19 heavy (non-hydrogen) atoms. The predicted octanol–water partition coefficient (Wildman–Crippen LogP) is -0.604. The monoisotopic (exact) mass is 291 g/mol. The van der Waals surface area contributed by atoms with Gasteiger partial charge >= 0.3 is 11.9 Å². The van der Waals surface area contributed by atoms with Gasteiger partial charge in [0, 0.05) is 6.42 Å². The highest BCUT2D eigenvalue weighted by molar-refractivity contribution is 7.89. The molecule has 1 rings (SSSR count). The summed E-state index contributed by atoms with van der Waals surface area (Å²) in [5.74, 6) is -2.44. The van der Waals surface area contributed by atoms with Gasteiger partial charge < -0.3 is 10.2 Å². The van der Waals surface area contributed by atoms with Gasteiger partial charge in [-0.25, -0.2) is 8.42 Å². The van der Waals surface area contributed by atoms with E-state index >= 15 is 0 Å². The van der Waals surface area contributed by atoms with E-state index < -0.39 is 28.0 Å². The van der Waals surface area contributed by atoms with E-state index in [1.54, 1.807) is 0 Å². The molecule has 0 aliphatic heterocycles. The Balaban J connectivity index is 2.68. The second kappa shape index (κ2) is 6.29. The van der Waals surface area contributed by atoms with Crippen molar-refractivity contribution in [1.82, 2.24) is 14.9 Å². The van der Waals surface area contributed by atoms with Crippen LogP contribution in [-0.4, -0.2) is 46.8 Å². The van der Waals surface area contributed by atoms with E-state index in [1.165, 1.54) is 12.3 Å². The summed E-state index contributed by atoms with van der Waals surface area (Å²) in [6, 6.07) is -0.203. The standard InChI is InChI=1S/C9H13N3O6S/c13-8(14)3-1-2-6(9(15)16)12-19(17,18)7-4-5-10-11-7/h4-6,12H,1-3H2,(H,10,11)(H,13,14)(H,15,16)/t6-/m1/s1. The van der Waals surface area contributed by atoms with Crippen molar-refractivity contribution in [3.63, 3.8) is 0 Å². The third-order valence-electron chi connectivity index (χ3n) is 2.24.